The maximum atomic E-state index is 12.6. The molecule has 3 heterocycles. The van der Waals surface area contributed by atoms with Crippen molar-refractivity contribution >= 4 is 26.9 Å². The van der Waals surface area contributed by atoms with E-state index >= 15 is 0 Å². The van der Waals surface area contributed by atoms with E-state index in [1.54, 1.807) is 36.7 Å². The lowest BCUT2D eigenvalue weighted by Crippen LogP contribution is -2.50. The molecular weight excluding hydrogens is 534 g/mol. The molecule has 10 heteroatoms. The van der Waals surface area contributed by atoms with Crippen molar-refractivity contribution in [3.8, 4) is 11.1 Å². The van der Waals surface area contributed by atoms with Crippen LogP contribution in [0.4, 0.5) is 5.82 Å². The number of hydrogen-bond donors (Lipinski definition) is 2. The number of likely N-dealkylation sites (N-methyl/N-ethyl adjacent to an activating group) is 1. The Morgan fingerprint density at radius 3 is 2.27 bits per heavy atom. The second-order valence-electron chi connectivity index (χ2n) is 11.2. The minimum atomic E-state index is -3.57. The Morgan fingerprint density at radius 1 is 0.902 bits per heavy atom. The van der Waals surface area contributed by atoms with Crippen molar-refractivity contribution in [2.75, 3.05) is 38.5 Å². The van der Waals surface area contributed by atoms with Crippen molar-refractivity contribution < 1.29 is 8.42 Å². The van der Waals surface area contributed by atoms with Crippen LogP contribution in [-0.4, -0.2) is 71.5 Å². The lowest BCUT2D eigenvalue weighted by Gasteiger charge is -2.42. The molecule has 1 aliphatic carbocycles. The molecule has 0 unspecified atom stereocenters. The van der Waals surface area contributed by atoms with Crippen LogP contribution in [0.5, 0.6) is 0 Å². The highest BCUT2D eigenvalue weighted by molar-refractivity contribution is 7.89. The average molecular weight is 574 g/mol. The largest absolute Gasteiger partial charge is 0.383 e. The molecule has 9 nitrogen and oxygen atoms in total. The van der Waals surface area contributed by atoms with Gasteiger partial charge in [-0.3, -0.25) is 4.90 Å². The van der Waals surface area contributed by atoms with Gasteiger partial charge in [0.2, 0.25) is 10.0 Å². The number of benzene rings is 2. The zero-order chi connectivity index (χ0) is 28.4. The van der Waals surface area contributed by atoms with Crippen LogP contribution in [0.3, 0.4) is 0 Å². The van der Waals surface area contributed by atoms with Crippen molar-refractivity contribution in [3.63, 3.8) is 0 Å². The van der Waals surface area contributed by atoms with Crippen LogP contribution in [0.25, 0.3) is 22.2 Å². The van der Waals surface area contributed by atoms with Gasteiger partial charge in [0.1, 0.15) is 17.8 Å². The first-order valence-electron chi connectivity index (χ1n) is 14.6. The first-order valence-corrected chi connectivity index (χ1v) is 16.1. The number of nitrogens with zero attached hydrogens (tertiary/aromatic N) is 5. The standard InChI is InChI=1S/C31H39N7O2S/c1-2-36-16-18-37(19-17-36)25-12-14-26(15-13-25)38-21-28(29-30(32)33-22-34-31(29)38)24-10-8-23(9-11-24)20-35-41(39,40)27-6-4-3-5-7-27/h3-11,21-22,25-26,35H,2,12-20H2,1H3,(H2,32,33,34). The normalized spacial score (nSPS) is 20.9. The summed E-state index contributed by atoms with van der Waals surface area (Å²) >= 11 is 0. The maximum Gasteiger partial charge on any atom is 0.240 e. The molecule has 3 N–H and O–H groups in total. The minimum Gasteiger partial charge on any atom is -0.383 e. The summed E-state index contributed by atoms with van der Waals surface area (Å²) in [6.45, 7) is 8.30. The summed E-state index contributed by atoms with van der Waals surface area (Å²) < 4.78 is 30.2. The van der Waals surface area contributed by atoms with Crippen LogP contribution >= 0.6 is 0 Å². The first-order chi connectivity index (χ1) is 19.9. The van der Waals surface area contributed by atoms with Gasteiger partial charge in [-0.25, -0.2) is 23.1 Å². The van der Waals surface area contributed by atoms with Crippen LogP contribution in [0, 0.1) is 0 Å². The van der Waals surface area contributed by atoms with Gasteiger partial charge < -0.3 is 15.2 Å². The van der Waals surface area contributed by atoms with Crippen molar-refractivity contribution in [1.82, 2.24) is 29.1 Å². The van der Waals surface area contributed by atoms with Crippen LogP contribution < -0.4 is 10.5 Å². The molecule has 2 aromatic heterocycles. The maximum absolute atomic E-state index is 12.6. The predicted molar refractivity (Wildman–Crippen MR) is 163 cm³/mol. The highest BCUT2D eigenvalue weighted by Crippen LogP contribution is 2.39. The number of sulfonamides is 1. The summed E-state index contributed by atoms with van der Waals surface area (Å²) in [6, 6.07) is 17.4. The Balaban J connectivity index is 1.18. The van der Waals surface area contributed by atoms with Gasteiger partial charge in [0.15, 0.2) is 0 Å². The van der Waals surface area contributed by atoms with E-state index in [-0.39, 0.29) is 11.4 Å². The molecule has 4 aromatic rings. The molecule has 2 fully saturated rings. The summed E-state index contributed by atoms with van der Waals surface area (Å²) in [5, 5.41) is 0.878. The molecule has 0 radical (unpaired) electrons. The average Bonchev–Trinajstić information content (AvgIpc) is 3.42. The van der Waals surface area contributed by atoms with Crippen molar-refractivity contribution in [2.24, 2.45) is 0 Å². The monoisotopic (exact) mass is 573 g/mol. The zero-order valence-electron chi connectivity index (χ0n) is 23.6. The van der Waals surface area contributed by atoms with Gasteiger partial charge in [0, 0.05) is 56.6 Å². The molecule has 2 aromatic carbocycles. The van der Waals surface area contributed by atoms with E-state index in [1.807, 2.05) is 24.3 Å². The Bertz CT molecular complexity index is 1570. The first kappa shape index (κ1) is 27.8. The van der Waals surface area contributed by atoms with Gasteiger partial charge in [-0.1, -0.05) is 49.4 Å². The molecule has 0 spiro atoms. The van der Waals surface area contributed by atoms with Crippen molar-refractivity contribution in [1.29, 1.82) is 0 Å². The molecule has 216 valence electrons. The van der Waals surface area contributed by atoms with E-state index in [1.165, 1.54) is 39.0 Å². The summed E-state index contributed by atoms with van der Waals surface area (Å²) in [5.74, 6) is 0.478. The molecule has 6 rings (SSSR count). The fraction of sp³-hybridized carbons (Fsp3) is 0.419. The highest BCUT2D eigenvalue weighted by Gasteiger charge is 2.30. The topological polar surface area (TPSA) is 109 Å². The van der Waals surface area contributed by atoms with E-state index < -0.39 is 10.0 Å². The van der Waals surface area contributed by atoms with Crippen molar-refractivity contribution in [2.45, 2.75) is 56.1 Å². The number of fused-ring (bicyclic) bond motifs is 1. The van der Waals surface area contributed by atoms with E-state index in [2.05, 4.69) is 42.2 Å². The molecule has 0 amide bonds. The molecule has 1 saturated heterocycles. The van der Waals surface area contributed by atoms with Crippen LogP contribution in [0.15, 0.2) is 72.0 Å². The van der Waals surface area contributed by atoms with E-state index in [0.717, 1.165) is 47.1 Å². The molecule has 0 atom stereocenters. The number of rotatable bonds is 8. The van der Waals surface area contributed by atoms with Gasteiger partial charge in [-0.05, 0) is 55.5 Å². The third kappa shape index (κ3) is 5.88. The van der Waals surface area contributed by atoms with Gasteiger partial charge >= 0.3 is 0 Å². The Hall–Kier alpha value is -3.31. The van der Waals surface area contributed by atoms with Gasteiger partial charge in [0.05, 0.1) is 10.3 Å². The third-order valence-corrected chi connectivity index (χ3v) is 10.3. The lowest BCUT2D eigenvalue weighted by atomic mass is 9.89. The number of nitrogens with one attached hydrogen (secondary N) is 1. The zero-order valence-corrected chi connectivity index (χ0v) is 24.4. The Labute approximate surface area is 242 Å². The Morgan fingerprint density at radius 2 is 1.59 bits per heavy atom. The second kappa shape index (κ2) is 11.9. The predicted octanol–water partition coefficient (Wildman–Crippen LogP) is 4.28. The van der Waals surface area contributed by atoms with E-state index in [4.69, 9.17) is 5.73 Å². The number of anilines is 1. The molecule has 41 heavy (non-hydrogen) atoms. The van der Waals surface area contributed by atoms with Crippen LogP contribution in [0.2, 0.25) is 0 Å². The summed E-state index contributed by atoms with van der Waals surface area (Å²) in [5.41, 5.74) is 10.2. The van der Waals surface area contributed by atoms with Gasteiger partial charge in [0.25, 0.3) is 0 Å². The number of nitrogen functional groups attached to an aromatic ring is 1. The fourth-order valence-corrected chi connectivity index (χ4v) is 7.45. The fourth-order valence-electron chi connectivity index (χ4n) is 6.42. The number of hydrogen-bond acceptors (Lipinski definition) is 7. The van der Waals surface area contributed by atoms with Gasteiger partial charge in [-0.15, -0.1) is 0 Å². The third-order valence-electron chi connectivity index (χ3n) is 8.85. The van der Waals surface area contributed by atoms with E-state index in [0.29, 0.717) is 17.9 Å². The number of nitrogens with two attached hydrogens (primary N) is 1. The van der Waals surface area contributed by atoms with Gasteiger partial charge in [-0.2, -0.15) is 0 Å². The summed E-state index contributed by atoms with van der Waals surface area (Å²) in [6.07, 6.45) is 8.37. The lowest BCUT2D eigenvalue weighted by molar-refractivity contribution is 0.0742. The Kier molecular flexibility index (Phi) is 8.07. The quantitative estimate of drug-likeness (QED) is 0.324. The van der Waals surface area contributed by atoms with Crippen LogP contribution in [-0.2, 0) is 16.6 Å². The SMILES string of the molecule is CCN1CCN(C2CCC(n3cc(-c4ccc(CNS(=O)(=O)c5ccccc5)cc4)c4c(N)ncnc43)CC2)CC1. The molecule has 1 saturated carbocycles. The number of piperazine rings is 1. The van der Waals surface area contributed by atoms with Crippen LogP contribution in [0.1, 0.15) is 44.2 Å². The highest BCUT2D eigenvalue weighted by atomic mass is 32.2. The smallest absolute Gasteiger partial charge is 0.240 e. The molecule has 0 bridgehead atoms. The summed E-state index contributed by atoms with van der Waals surface area (Å²) in [7, 11) is -3.57. The van der Waals surface area contributed by atoms with Crippen molar-refractivity contribution in [3.05, 3.63) is 72.7 Å². The molecule has 2 aliphatic rings. The minimum absolute atomic E-state index is 0.210. The second-order valence-corrected chi connectivity index (χ2v) is 12.9. The molecule has 1 aliphatic heterocycles. The molecular formula is C31H39N7O2S. The number of aromatic nitrogens is 3. The summed E-state index contributed by atoms with van der Waals surface area (Å²) in [4.78, 5) is 14.5. The van der Waals surface area contributed by atoms with E-state index in [9.17, 15) is 8.42 Å².